The quantitative estimate of drug-likeness (QED) is 0.260. The average molecular weight is 567 g/mol. The molecule has 0 aliphatic heterocycles. The van der Waals surface area contributed by atoms with Crippen LogP contribution in [0.2, 0.25) is 5.02 Å². The standard InChI is InChI=1S/C28H27ClN4O7/c1-4-22(26(36)32-19-9-6-16(7-10-19)27(37)40-28(38)25(31)15(2)34)33-14-23(39-3)21(12-24(33)35)20-11-18(29)8-5-17(20)13-30/h5-12,14-15,22,25,34H,4,31H2,1-3H3,(H,32,36)/t15-,22?,25+/m1/s1. The molecule has 1 unspecified atom stereocenters. The fraction of sp³-hybridized carbons (Fsp3) is 0.250. The van der Waals surface area contributed by atoms with Crippen LogP contribution in [0.15, 0.2) is 59.5 Å². The zero-order valence-electron chi connectivity index (χ0n) is 21.9. The van der Waals surface area contributed by atoms with Crippen LogP contribution in [0.25, 0.3) is 11.1 Å². The second-order valence-electron chi connectivity index (χ2n) is 8.77. The lowest BCUT2D eigenvalue weighted by Crippen LogP contribution is -2.42. The number of nitrogens with zero attached hydrogens (tertiary/aromatic N) is 2. The van der Waals surface area contributed by atoms with E-state index in [2.05, 4.69) is 16.1 Å². The van der Waals surface area contributed by atoms with Gasteiger partial charge >= 0.3 is 11.9 Å². The summed E-state index contributed by atoms with van der Waals surface area (Å²) in [6.45, 7) is 3.02. The van der Waals surface area contributed by atoms with Crippen LogP contribution in [-0.2, 0) is 14.3 Å². The minimum absolute atomic E-state index is 0.0190. The van der Waals surface area contributed by atoms with Crippen molar-refractivity contribution in [3.63, 3.8) is 0 Å². The molecule has 0 radical (unpaired) electrons. The highest BCUT2D eigenvalue weighted by atomic mass is 35.5. The first-order valence-electron chi connectivity index (χ1n) is 12.1. The highest BCUT2D eigenvalue weighted by Crippen LogP contribution is 2.33. The maximum atomic E-state index is 13.2. The maximum Gasteiger partial charge on any atom is 0.345 e. The third kappa shape index (κ3) is 6.73. The van der Waals surface area contributed by atoms with Gasteiger partial charge in [0.15, 0.2) is 0 Å². The summed E-state index contributed by atoms with van der Waals surface area (Å²) in [7, 11) is 1.41. The molecule has 2 aromatic carbocycles. The normalized spacial score (nSPS) is 12.9. The highest BCUT2D eigenvalue weighted by molar-refractivity contribution is 6.31. The van der Waals surface area contributed by atoms with E-state index >= 15 is 0 Å². The van der Waals surface area contributed by atoms with Crippen molar-refractivity contribution >= 4 is 35.1 Å². The third-order valence-corrected chi connectivity index (χ3v) is 6.29. The van der Waals surface area contributed by atoms with Crippen LogP contribution in [0.4, 0.5) is 5.69 Å². The molecule has 4 N–H and O–H groups in total. The van der Waals surface area contributed by atoms with Gasteiger partial charge < -0.3 is 25.6 Å². The molecule has 1 heterocycles. The first-order valence-corrected chi connectivity index (χ1v) is 12.5. The number of ether oxygens (including phenoxy) is 2. The van der Waals surface area contributed by atoms with Crippen LogP contribution < -0.4 is 21.3 Å². The van der Waals surface area contributed by atoms with E-state index < -0.39 is 41.6 Å². The number of carbonyl (C=O) groups is 3. The largest absolute Gasteiger partial charge is 0.495 e. The second kappa shape index (κ2) is 13.0. The molecule has 40 heavy (non-hydrogen) atoms. The molecule has 1 aromatic heterocycles. The summed E-state index contributed by atoms with van der Waals surface area (Å²) in [6, 6.07) is 11.2. The summed E-state index contributed by atoms with van der Waals surface area (Å²) in [5, 5.41) is 21.9. The molecule has 0 aliphatic rings. The number of pyridine rings is 1. The number of amides is 1. The zero-order chi connectivity index (χ0) is 29.6. The van der Waals surface area contributed by atoms with Crippen LogP contribution in [0.5, 0.6) is 5.75 Å². The van der Waals surface area contributed by atoms with Gasteiger partial charge in [-0.05, 0) is 55.8 Å². The summed E-state index contributed by atoms with van der Waals surface area (Å²) < 4.78 is 11.4. The third-order valence-electron chi connectivity index (χ3n) is 6.05. The molecule has 11 nitrogen and oxygen atoms in total. The Labute approximate surface area is 234 Å². The summed E-state index contributed by atoms with van der Waals surface area (Å²) in [4.78, 5) is 50.3. The van der Waals surface area contributed by atoms with Crippen molar-refractivity contribution in [2.24, 2.45) is 5.73 Å². The van der Waals surface area contributed by atoms with E-state index in [0.717, 1.165) is 0 Å². The van der Waals surface area contributed by atoms with Gasteiger partial charge in [0.25, 0.3) is 5.56 Å². The molecule has 3 rings (SSSR count). The number of hydrogen-bond acceptors (Lipinski definition) is 9. The van der Waals surface area contributed by atoms with Crippen LogP contribution >= 0.6 is 11.6 Å². The van der Waals surface area contributed by atoms with Crippen LogP contribution in [0.1, 0.15) is 42.2 Å². The molecule has 0 aliphatic carbocycles. The van der Waals surface area contributed by atoms with Crippen molar-refractivity contribution in [1.82, 2.24) is 4.57 Å². The van der Waals surface area contributed by atoms with E-state index in [1.54, 1.807) is 19.1 Å². The Bertz CT molecular complexity index is 1530. The Morgan fingerprint density at radius 3 is 2.40 bits per heavy atom. The van der Waals surface area contributed by atoms with Gasteiger partial charge in [-0.1, -0.05) is 18.5 Å². The molecule has 3 atom stereocenters. The number of hydrogen-bond donors (Lipinski definition) is 3. The first-order chi connectivity index (χ1) is 19.0. The average Bonchev–Trinajstić information content (AvgIpc) is 2.93. The molecule has 12 heteroatoms. The van der Waals surface area contributed by atoms with Gasteiger partial charge in [-0.3, -0.25) is 14.2 Å². The molecular weight excluding hydrogens is 540 g/mol. The summed E-state index contributed by atoms with van der Waals surface area (Å²) in [5.74, 6) is -2.29. The Balaban J connectivity index is 1.83. The van der Waals surface area contributed by atoms with Gasteiger partial charge in [0, 0.05) is 27.9 Å². The van der Waals surface area contributed by atoms with Gasteiger partial charge in [0.1, 0.15) is 17.8 Å². The van der Waals surface area contributed by atoms with E-state index in [1.165, 1.54) is 61.2 Å². The lowest BCUT2D eigenvalue weighted by Gasteiger charge is -2.20. The van der Waals surface area contributed by atoms with E-state index in [4.69, 9.17) is 22.1 Å². The molecule has 3 aromatic rings. The number of benzene rings is 2. The van der Waals surface area contributed by atoms with Gasteiger partial charge in [0.05, 0.1) is 36.6 Å². The summed E-state index contributed by atoms with van der Waals surface area (Å²) in [5.41, 5.74) is 6.38. The van der Waals surface area contributed by atoms with Gasteiger partial charge in [0.2, 0.25) is 5.91 Å². The number of methoxy groups -OCH3 is 1. The number of esters is 2. The Morgan fingerprint density at radius 1 is 1.15 bits per heavy atom. The number of carbonyl (C=O) groups excluding carboxylic acids is 3. The van der Waals surface area contributed by atoms with Crippen molar-refractivity contribution in [3.8, 4) is 22.9 Å². The lowest BCUT2D eigenvalue weighted by molar-refractivity contribution is -0.141. The number of nitriles is 1. The summed E-state index contributed by atoms with van der Waals surface area (Å²) in [6.07, 6.45) is 0.465. The van der Waals surface area contributed by atoms with Crippen LogP contribution in [-0.4, -0.2) is 46.8 Å². The van der Waals surface area contributed by atoms with Crippen molar-refractivity contribution < 1.29 is 29.0 Å². The number of aromatic nitrogens is 1. The molecule has 208 valence electrons. The van der Waals surface area contributed by atoms with Crippen LogP contribution in [0, 0.1) is 11.3 Å². The van der Waals surface area contributed by atoms with Gasteiger partial charge in [-0.2, -0.15) is 5.26 Å². The smallest absolute Gasteiger partial charge is 0.345 e. The highest BCUT2D eigenvalue weighted by Gasteiger charge is 2.25. The molecule has 0 bridgehead atoms. The van der Waals surface area contributed by atoms with Crippen molar-refractivity contribution in [2.45, 2.75) is 38.5 Å². The Hall–Kier alpha value is -4.50. The number of anilines is 1. The number of aliphatic hydroxyl groups excluding tert-OH is 1. The van der Waals surface area contributed by atoms with Gasteiger partial charge in [-0.25, -0.2) is 9.59 Å². The maximum absolute atomic E-state index is 13.2. The predicted molar refractivity (Wildman–Crippen MR) is 147 cm³/mol. The molecule has 0 saturated heterocycles. The van der Waals surface area contributed by atoms with E-state index in [-0.39, 0.29) is 17.7 Å². The van der Waals surface area contributed by atoms with Crippen LogP contribution in [0.3, 0.4) is 0 Å². The van der Waals surface area contributed by atoms with E-state index in [1.807, 2.05) is 0 Å². The minimum Gasteiger partial charge on any atom is -0.495 e. The van der Waals surface area contributed by atoms with Crippen molar-refractivity contribution in [2.75, 3.05) is 12.4 Å². The Kier molecular flexibility index (Phi) is 9.79. The van der Waals surface area contributed by atoms with E-state index in [0.29, 0.717) is 27.4 Å². The number of nitrogens with two attached hydrogens (primary N) is 1. The van der Waals surface area contributed by atoms with Crippen molar-refractivity contribution in [1.29, 1.82) is 5.26 Å². The molecule has 0 spiro atoms. The molecule has 0 fully saturated rings. The number of halogens is 1. The lowest BCUT2D eigenvalue weighted by atomic mass is 10.00. The Morgan fingerprint density at radius 2 is 1.82 bits per heavy atom. The monoisotopic (exact) mass is 566 g/mol. The fourth-order valence-corrected chi connectivity index (χ4v) is 3.99. The minimum atomic E-state index is -1.37. The number of rotatable bonds is 9. The zero-order valence-corrected chi connectivity index (χ0v) is 22.6. The molecule has 1 amide bonds. The topological polar surface area (TPSA) is 174 Å². The number of aliphatic hydroxyl groups is 1. The fourth-order valence-electron chi connectivity index (χ4n) is 3.82. The SMILES string of the molecule is CCC(C(=O)Nc1ccc(C(=O)OC(=O)[C@@H](N)[C@@H](C)O)cc1)n1cc(OC)c(-c2cc(Cl)ccc2C#N)cc1=O. The predicted octanol–water partition coefficient (Wildman–Crippen LogP) is 3.03. The summed E-state index contributed by atoms with van der Waals surface area (Å²) >= 11 is 6.11. The molecule has 0 saturated carbocycles. The van der Waals surface area contributed by atoms with Crippen molar-refractivity contribution in [3.05, 3.63) is 81.2 Å². The number of nitrogens with one attached hydrogen (secondary N) is 1. The van der Waals surface area contributed by atoms with E-state index in [9.17, 15) is 29.5 Å². The first kappa shape index (κ1) is 30.0. The molecular formula is C28H27ClN4O7. The second-order valence-corrected chi connectivity index (χ2v) is 9.20. The van der Waals surface area contributed by atoms with Gasteiger partial charge in [-0.15, -0.1) is 0 Å².